The van der Waals surface area contributed by atoms with Gasteiger partial charge in [-0.25, -0.2) is 21.9 Å². The van der Waals surface area contributed by atoms with Gasteiger partial charge in [0.2, 0.25) is 10.0 Å². The van der Waals surface area contributed by atoms with Crippen LogP contribution in [0.4, 0.5) is 17.6 Å². The molecule has 1 rings (SSSR count). The standard InChI is InChI=1S/C11H16F4N2O2S2/c1-7(2)16-5-8-9(3-4-20-8)21(18,19)17-6-11(14,15)10(12)13/h3-4,7,10,16-17H,5-6H2,1-2H3. The van der Waals surface area contributed by atoms with Gasteiger partial charge >= 0.3 is 12.3 Å². The Hall–Kier alpha value is -0.710. The first-order valence-electron chi connectivity index (χ1n) is 6.01. The first-order valence-corrected chi connectivity index (χ1v) is 8.38. The van der Waals surface area contributed by atoms with Crippen molar-refractivity contribution in [1.82, 2.24) is 10.0 Å². The van der Waals surface area contributed by atoms with Gasteiger partial charge in [0.25, 0.3) is 0 Å². The summed E-state index contributed by atoms with van der Waals surface area (Å²) in [6, 6.07) is 1.36. The van der Waals surface area contributed by atoms with Crippen LogP contribution in [-0.4, -0.2) is 33.4 Å². The van der Waals surface area contributed by atoms with E-state index in [0.717, 1.165) is 11.3 Å². The van der Waals surface area contributed by atoms with Gasteiger partial charge in [0, 0.05) is 17.5 Å². The summed E-state index contributed by atoms with van der Waals surface area (Å²) in [6.45, 7) is 2.34. The van der Waals surface area contributed by atoms with Crippen LogP contribution in [0.15, 0.2) is 16.3 Å². The molecule has 1 aromatic rings. The minimum Gasteiger partial charge on any atom is -0.310 e. The maximum atomic E-state index is 12.8. The molecule has 0 bridgehead atoms. The molecule has 0 aliphatic rings. The molecule has 21 heavy (non-hydrogen) atoms. The quantitative estimate of drug-likeness (QED) is 0.710. The average Bonchev–Trinajstić information content (AvgIpc) is 2.83. The Morgan fingerprint density at radius 3 is 2.48 bits per heavy atom. The predicted molar refractivity (Wildman–Crippen MR) is 72.4 cm³/mol. The van der Waals surface area contributed by atoms with E-state index in [-0.39, 0.29) is 17.5 Å². The molecule has 4 nitrogen and oxygen atoms in total. The van der Waals surface area contributed by atoms with Crippen molar-refractivity contribution in [3.63, 3.8) is 0 Å². The summed E-state index contributed by atoms with van der Waals surface area (Å²) in [6.07, 6.45) is -3.93. The minimum absolute atomic E-state index is 0.110. The first-order chi connectivity index (χ1) is 9.56. The van der Waals surface area contributed by atoms with Crippen molar-refractivity contribution in [2.45, 2.75) is 43.7 Å². The van der Waals surface area contributed by atoms with E-state index in [1.165, 1.54) is 16.2 Å². The Balaban J connectivity index is 2.82. The summed E-state index contributed by atoms with van der Waals surface area (Å²) in [5.41, 5.74) is 0. The maximum absolute atomic E-state index is 12.8. The molecule has 0 saturated heterocycles. The van der Waals surface area contributed by atoms with Crippen molar-refractivity contribution in [2.24, 2.45) is 0 Å². The lowest BCUT2D eigenvalue weighted by atomic mass is 10.4. The monoisotopic (exact) mass is 348 g/mol. The molecule has 1 aromatic heterocycles. The van der Waals surface area contributed by atoms with Gasteiger partial charge in [0.1, 0.15) is 0 Å². The van der Waals surface area contributed by atoms with Crippen molar-refractivity contribution < 1.29 is 26.0 Å². The Morgan fingerprint density at radius 1 is 1.33 bits per heavy atom. The lowest BCUT2D eigenvalue weighted by Gasteiger charge is -2.16. The number of alkyl halides is 4. The van der Waals surface area contributed by atoms with Gasteiger partial charge in [-0.1, -0.05) is 13.8 Å². The zero-order valence-electron chi connectivity index (χ0n) is 11.4. The van der Waals surface area contributed by atoms with Crippen LogP contribution >= 0.6 is 11.3 Å². The molecule has 1 heterocycles. The average molecular weight is 348 g/mol. The molecule has 0 aromatic carbocycles. The zero-order valence-corrected chi connectivity index (χ0v) is 13.0. The van der Waals surface area contributed by atoms with Crippen molar-refractivity contribution in [3.05, 3.63) is 16.3 Å². The second kappa shape index (κ2) is 7.03. The highest BCUT2D eigenvalue weighted by molar-refractivity contribution is 7.89. The van der Waals surface area contributed by atoms with Crippen LogP contribution in [-0.2, 0) is 16.6 Å². The van der Waals surface area contributed by atoms with Crippen LogP contribution in [0.5, 0.6) is 0 Å². The van der Waals surface area contributed by atoms with Gasteiger partial charge < -0.3 is 5.32 Å². The second-order valence-electron chi connectivity index (χ2n) is 4.63. The van der Waals surface area contributed by atoms with Gasteiger partial charge in [-0.3, -0.25) is 0 Å². The fraction of sp³-hybridized carbons (Fsp3) is 0.636. The van der Waals surface area contributed by atoms with Crippen LogP contribution in [0, 0.1) is 0 Å². The first kappa shape index (κ1) is 18.3. The van der Waals surface area contributed by atoms with Crippen LogP contribution in [0.1, 0.15) is 18.7 Å². The summed E-state index contributed by atoms with van der Waals surface area (Å²) < 4.78 is 75.0. The third-order valence-corrected chi connectivity index (χ3v) is 5.02. The lowest BCUT2D eigenvalue weighted by Crippen LogP contribution is -2.41. The van der Waals surface area contributed by atoms with Gasteiger partial charge in [0.15, 0.2) is 0 Å². The number of thiophene rings is 1. The second-order valence-corrected chi connectivity index (χ2v) is 7.37. The fourth-order valence-corrected chi connectivity index (χ4v) is 3.78. The molecular weight excluding hydrogens is 332 g/mol. The number of hydrogen-bond donors (Lipinski definition) is 2. The van der Waals surface area contributed by atoms with Gasteiger partial charge in [-0.15, -0.1) is 11.3 Å². The highest BCUT2D eigenvalue weighted by Crippen LogP contribution is 2.25. The number of rotatable bonds is 8. The normalized spacial score (nSPS) is 13.3. The maximum Gasteiger partial charge on any atom is 0.320 e. The van der Waals surface area contributed by atoms with Crippen LogP contribution in [0.2, 0.25) is 0 Å². The molecular formula is C11H16F4N2O2S2. The third kappa shape index (κ3) is 5.20. The highest BCUT2D eigenvalue weighted by Gasteiger charge is 2.41. The Labute approximate surface area is 124 Å². The summed E-state index contributed by atoms with van der Waals surface area (Å²) in [4.78, 5) is 0.252. The molecule has 0 amide bonds. The third-order valence-electron chi connectivity index (χ3n) is 2.48. The largest absolute Gasteiger partial charge is 0.320 e. The van der Waals surface area contributed by atoms with Crippen LogP contribution in [0.3, 0.4) is 0 Å². The van der Waals surface area contributed by atoms with E-state index in [2.05, 4.69) is 5.32 Å². The minimum atomic E-state index is -4.40. The van der Waals surface area contributed by atoms with Gasteiger partial charge in [-0.2, -0.15) is 8.78 Å². The predicted octanol–water partition coefficient (Wildman–Crippen LogP) is 2.42. The van der Waals surface area contributed by atoms with E-state index in [9.17, 15) is 26.0 Å². The van der Waals surface area contributed by atoms with E-state index in [4.69, 9.17) is 0 Å². The SMILES string of the molecule is CC(C)NCc1sccc1S(=O)(=O)NCC(F)(F)C(F)F. The Bertz CT molecular complexity index is 558. The molecule has 0 radical (unpaired) electrons. The van der Waals surface area contributed by atoms with Crippen molar-refractivity contribution in [2.75, 3.05) is 6.54 Å². The lowest BCUT2D eigenvalue weighted by molar-refractivity contribution is -0.122. The highest BCUT2D eigenvalue weighted by atomic mass is 32.2. The molecule has 0 aliphatic heterocycles. The van der Waals surface area contributed by atoms with Crippen LogP contribution < -0.4 is 10.0 Å². The summed E-state index contributed by atoms with van der Waals surface area (Å²) >= 11 is 1.14. The molecule has 10 heteroatoms. The molecule has 0 fully saturated rings. The van der Waals surface area contributed by atoms with Gasteiger partial charge in [-0.05, 0) is 11.4 Å². The van der Waals surface area contributed by atoms with Crippen molar-refractivity contribution in [1.29, 1.82) is 0 Å². The zero-order chi connectivity index (χ0) is 16.3. The van der Waals surface area contributed by atoms with E-state index in [0.29, 0.717) is 4.88 Å². The Morgan fingerprint density at radius 2 is 1.95 bits per heavy atom. The molecule has 0 saturated carbocycles. The molecule has 122 valence electrons. The van der Waals surface area contributed by atoms with Crippen LogP contribution in [0.25, 0.3) is 0 Å². The van der Waals surface area contributed by atoms with E-state index in [1.807, 2.05) is 13.8 Å². The molecule has 0 unspecified atom stereocenters. The number of halogens is 4. The van der Waals surface area contributed by atoms with E-state index < -0.39 is 28.9 Å². The molecule has 2 N–H and O–H groups in total. The number of nitrogens with one attached hydrogen (secondary N) is 2. The van der Waals surface area contributed by atoms with Crippen molar-refractivity contribution in [3.8, 4) is 0 Å². The summed E-state index contributed by atoms with van der Waals surface area (Å²) in [7, 11) is -4.26. The van der Waals surface area contributed by atoms with E-state index >= 15 is 0 Å². The van der Waals surface area contributed by atoms with Gasteiger partial charge in [0.05, 0.1) is 11.4 Å². The summed E-state index contributed by atoms with van der Waals surface area (Å²) in [5, 5.41) is 4.50. The smallest absolute Gasteiger partial charge is 0.310 e. The topological polar surface area (TPSA) is 58.2 Å². The van der Waals surface area contributed by atoms with E-state index in [1.54, 1.807) is 0 Å². The summed E-state index contributed by atoms with van der Waals surface area (Å²) in [5.74, 6) is -4.40. The number of hydrogen-bond acceptors (Lipinski definition) is 4. The molecule has 0 atom stereocenters. The molecule has 0 aliphatic carbocycles. The Kier molecular flexibility index (Phi) is 6.14. The van der Waals surface area contributed by atoms with Crippen molar-refractivity contribution >= 4 is 21.4 Å². The molecule has 0 spiro atoms. The number of sulfonamides is 1. The fourth-order valence-electron chi connectivity index (χ4n) is 1.34.